The van der Waals surface area contributed by atoms with Gasteiger partial charge in [-0.15, -0.1) is 0 Å². The molecule has 1 amide bonds. The molecular weight excluding hydrogens is 172 g/mol. The zero-order valence-corrected chi connectivity index (χ0v) is 6.74. The first-order valence-electron chi connectivity index (χ1n) is 3.50. The monoisotopic (exact) mass is 182 g/mol. The van der Waals surface area contributed by atoms with E-state index in [9.17, 15) is 9.90 Å². The van der Waals surface area contributed by atoms with Crippen molar-refractivity contribution in [3.05, 3.63) is 35.3 Å². The molecule has 0 saturated carbocycles. The summed E-state index contributed by atoms with van der Waals surface area (Å²) in [5, 5.41) is 9.20. The number of amides is 1. The highest BCUT2D eigenvalue weighted by molar-refractivity contribution is 5.99. The molecule has 0 heterocycles. The minimum Gasteiger partial charge on any atom is -0.493 e. The number of aliphatic hydroxyl groups excluding tert-OH is 1. The van der Waals surface area contributed by atoms with Crippen molar-refractivity contribution in [2.24, 2.45) is 11.7 Å². The Morgan fingerprint density at radius 1 is 1.38 bits per heavy atom. The minimum absolute atomic E-state index is 0.262. The highest BCUT2D eigenvalue weighted by atomic mass is 16.3. The smallest absolute Gasteiger partial charge is 0.265 e. The maximum atomic E-state index is 11.1. The summed E-state index contributed by atoms with van der Waals surface area (Å²) in [5.74, 6) is 9.15. The molecule has 1 aliphatic carbocycles. The molecule has 0 bridgehead atoms. The third kappa shape index (κ3) is 1.68. The Bertz CT molecular complexity index is 316. The van der Waals surface area contributed by atoms with Gasteiger partial charge in [0.1, 0.15) is 0 Å². The molecule has 13 heavy (non-hydrogen) atoms. The fourth-order valence-corrected chi connectivity index (χ4v) is 0.980. The van der Waals surface area contributed by atoms with Gasteiger partial charge >= 0.3 is 0 Å². The minimum atomic E-state index is -0.484. The number of rotatable bonds is 2. The molecule has 0 aromatic rings. The summed E-state index contributed by atoms with van der Waals surface area (Å²) < 4.78 is 0. The summed E-state index contributed by atoms with van der Waals surface area (Å²) in [4.78, 5) is 11.1. The number of carbonyl (C=O) groups is 1. The lowest BCUT2D eigenvalue weighted by Crippen LogP contribution is -2.32. The van der Waals surface area contributed by atoms with E-state index < -0.39 is 5.91 Å². The Morgan fingerprint density at radius 3 is 2.62 bits per heavy atom. The number of aliphatic hydroxyl groups is 1. The molecule has 0 aromatic heterocycles. The molecule has 7 N–H and O–H groups in total. The number of hydrogen-bond donors (Lipinski definition) is 5. The van der Waals surface area contributed by atoms with Gasteiger partial charge in [0, 0.05) is 5.57 Å². The van der Waals surface area contributed by atoms with Crippen LogP contribution in [0.3, 0.4) is 0 Å². The van der Waals surface area contributed by atoms with Crippen LogP contribution in [0.1, 0.15) is 0 Å². The summed E-state index contributed by atoms with van der Waals surface area (Å²) in [5.41, 5.74) is 4.57. The molecule has 0 fully saturated rings. The Hall–Kier alpha value is -1.79. The molecule has 1 rings (SSSR count). The first kappa shape index (κ1) is 9.30. The zero-order chi connectivity index (χ0) is 9.84. The molecule has 0 aromatic carbocycles. The molecule has 6 nitrogen and oxygen atoms in total. The molecule has 70 valence electrons. The second-order valence-electron chi connectivity index (χ2n) is 2.32. The first-order valence-corrected chi connectivity index (χ1v) is 3.50. The molecule has 6 heteroatoms. The number of hydrazine groups is 2. The van der Waals surface area contributed by atoms with E-state index in [1.165, 1.54) is 6.08 Å². The first-order chi connectivity index (χ1) is 6.20. The van der Waals surface area contributed by atoms with Crippen molar-refractivity contribution in [1.29, 1.82) is 0 Å². The lowest BCUT2D eigenvalue weighted by atomic mass is 10.1. The molecule has 0 saturated heterocycles. The normalized spacial score (nSPS) is 18.2. The molecule has 0 spiro atoms. The fraction of sp³-hybridized carbons (Fsp3) is 0. The van der Waals surface area contributed by atoms with Crippen LogP contribution in [0.15, 0.2) is 35.3 Å². The van der Waals surface area contributed by atoms with Gasteiger partial charge in [-0.3, -0.25) is 15.6 Å². The summed E-state index contributed by atoms with van der Waals surface area (Å²) >= 11 is 0. The third-order valence-corrected chi connectivity index (χ3v) is 1.58. The Balaban J connectivity index is 2.97. The van der Waals surface area contributed by atoms with Crippen LogP contribution in [0.2, 0.25) is 0 Å². The van der Waals surface area contributed by atoms with Gasteiger partial charge < -0.3 is 5.11 Å². The van der Waals surface area contributed by atoms with Crippen LogP contribution in [-0.2, 0) is 4.79 Å². The summed E-state index contributed by atoms with van der Waals surface area (Å²) in [7, 11) is 0. The number of hydrogen-bond acceptors (Lipinski definition) is 5. The Kier molecular flexibility index (Phi) is 2.68. The van der Waals surface area contributed by atoms with Crippen LogP contribution < -0.4 is 22.5 Å². The summed E-state index contributed by atoms with van der Waals surface area (Å²) in [6, 6.07) is 0. The van der Waals surface area contributed by atoms with E-state index in [1.54, 1.807) is 12.2 Å². The highest BCUT2D eigenvalue weighted by Crippen LogP contribution is 2.19. The van der Waals surface area contributed by atoms with Gasteiger partial charge in [-0.2, -0.15) is 0 Å². The van der Waals surface area contributed by atoms with E-state index in [1.807, 2.05) is 10.9 Å². The van der Waals surface area contributed by atoms with Gasteiger partial charge in [-0.1, -0.05) is 6.08 Å². The van der Waals surface area contributed by atoms with Gasteiger partial charge in [0.15, 0.2) is 0 Å². The maximum Gasteiger partial charge on any atom is 0.265 e. The molecule has 0 aliphatic heterocycles. The maximum absolute atomic E-state index is 11.1. The van der Waals surface area contributed by atoms with Crippen molar-refractivity contribution in [2.75, 3.05) is 0 Å². The van der Waals surface area contributed by atoms with Gasteiger partial charge in [0.05, 0.1) is 5.57 Å². The van der Waals surface area contributed by atoms with Crippen molar-refractivity contribution >= 4 is 5.91 Å². The van der Waals surface area contributed by atoms with E-state index >= 15 is 0 Å². The van der Waals surface area contributed by atoms with E-state index in [-0.39, 0.29) is 11.5 Å². The second kappa shape index (κ2) is 3.74. The predicted octanol–water partition coefficient (Wildman–Crippen LogP) is -1.29. The highest BCUT2D eigenvalue weighted by Gasteiger charge is 2.17. The molecule has 0 atom stereocenters. The van der Waals surface area contributed by atoms with Crippen LogP contribution in [0.25, 0.3) is 0 Å². The summed E-state index contributed by atoms with van der Waals surface area (Å²) in [6.45, 7) is 0. The van der Waals surface area contributed by atoms with E-state index in [4.69, 9.17) is 11.7 Å². The Morgan fingerprint density at radius 2 is 2.08 bits per heavy atom. The van der Waals surface area contributed by atoms with Crippen molar-refractivity contribution < 1.29 is 9.90 Å². The number of allylic oxidation sites excluding steroid dienone is 3. The standard InChI is InChI=1S/C7H10N4O2/c8-10-6(12)4-2-1-3-5(4)7(13)11-9/h1-3,10,12H,8-9H2,(H,11,13)/b6-4-. The van der Waals surface area contributed by atoms with Gasteiger partial charge in [-0.05, 0) is 12.2 Å². The van der Waals surface area contributed by atoms with E-state index in [2.05, 4.69) is 0 Å². The van der Waals surface area contributed by atoms with Gasteiger partial charge in [-0.25, -0.2) is 11.7 Å². The van der Waals surface area contributed by atoms with E-state index in [0.29, 0.717) is 5.57 Å². The van der Waals surface area contributed by atoms with Crippen molar-refractivity contribution in [3.8, 4) is 0 Å². The SMILES string of the molecule is NNC(=O)C1=CC=C/C1=C(/O)NN. The van der Waals surface area contributed by atoms with Crippen LogP contribution in [0.4, 0.5) is 0 Å². The van der Waals surface area contributed by atoms with Crippen molar-refractivity contribution in [3.63, 3.8) is 0 Å². The predicted molar refractivity (Wildman–Crippen MR) is 46.5 cm³/mol. The van der Waals surface area contributed by atoms with Gasteiger partial charge in [0.25, 0.3) is 5.91 Å². The van der Waals surface area contributed by atoms with Crippen LogP contribution in [0, 0.1) is 0 Å². The van der Waals surface area contributed by atoms with E-state index in [0.717, 1.165) is 0 Å². The largest absolute Gasteiger partial charge is 0.493 e. The number of nitrogens with one attached hydrogen (secondary N) is 2. The lowest BCUT2D eigenvalue weighted by Gasteiger charge is -2.05. The number of nitrogens with two attached hydrogens (primary N) is 2. The van der Waals surface area contributed by atoms with Crippen molar-refractivity contribution in [2.45, 2.75) is 0 Å². The summed E-state index contributed by atoms with van der Waals surface area (Å²) in [6.07, 6.45) is 4.66. The van der Waals surface area contributed by atoms with Crippen LogP contribution in [0.5, 0.6) is 0 Å². The Labute approximate surface area is 74.5 Å². The zero-order valence-electron chi connectivity index (χ0n) is 6.74. The second-order valence-corrected chi connectivity index (χ2v) is 2.32. The van der Waals surface area contributed by atoms with Crippen molar-refractivity contribution in [1.82, 2.24) is 10.9 Å². The quantitative estimate of drug-likeness (QED) is 0.158. The van der Waals surface area contributed by atoms with Crippen LogP contribution >= 0.6 is 0 Å². The molecular formula is C7H10N4O2. The molecule has 0 radical (unpaired) electrons. The van der Waals surface area contributed by atoms with Crippen LogP contribution in [-0.4, -0.2) is 11.0 Å². The third-order valence-electron chi connectivity index (χ3n) is 1.58. The topological polar surface area (TPSA) is 113 Å². The lowest BCUT2D eigenvalue weighted by molar-refractivity contribution is -0.117. The average molecular weight is 182 g/mol. The molecule has 0 unspecified atom stereocenters. The van der Waals surface area contributed by atoms with Gasteiger partial charge in [0.2, 0.25) is 5.88 Å². The average Bonchev–Trinajstić information content (AvgIpc) is 2.63. The number of carbonyl (C=O) groups excluding carboxylic acids is 1. The fourth-order valence-electron chi connectivity index (χ4n) is 0.980. The molecule has 1 aliphatic rings.